The highest BCUT2D eigenvalue weighted by atomic mass is 19.1. The first-order valence-electron chi connectivity index (χ1n) is 9.47. The zero-order valence-corrected chi connectivity index (χ0v) is 16.3. The average Bonchev–Trinajstić information content (AvgIpc) is 2.95. The van der Waals surface area contributed by atoms with E-state index in [4.69, 9.17) is 4.74 Å². The molecule has 1 heterocycles. The molecule has 3 rings (SSSR count). The molecule has 1 aliphatic heterocycles. The number of ether oxygens (including phenoxy) is 1. The zero-order valence-electron chi connectivity index (χ0n) is 16.3. The van der Waals surface area contributed by atoms with Crippen LogP contribution in [-0.4, -0.2) is 54.4 Å². The standard InChI is InChI=1S/C22H25FN2O3/c1-16-5-3-6-20(17(16)2)28-15-21(26)24-11-4-12-25(14-13-24)22(27)18-7-9-19(23)10-8-18/h3,5-10H,4,11-15H2,1-2H3. The van der Waals surface area contributed by atoms with Crippen LogP contribution in [0.1, 0.15) is 27.9 Å². The normalized spacial score (nSPS) is 14.5. The fraction of sp³-hybridized carbons (Fsp3) is 0.364. The Hall–Kier alpha value is -2.89. The van der Waals surface area contributed by atoms with Crippen molar-refractivity contribution in [1.82, 2.24) is 9.80 Å². The van der Waals surface area contributed by atoms with Gasteiger partial charge in [0.2, 0.25) is 0 Å². The van der Waals surface area contributed by atoms with Gasteiger partial charge in [-0.3, -0.25) is 9.59 Å². The Morgan fingerprint density at radius 1 is 0.964 bits per heavy atom. The molecule has 6 heteroatoms. The molecule has 2 amide bonds. The lowest BCUT2D eigenvalue weighted by Crippen LogP contribution is -2.39. The van der Waals surface area contributed by atoms with Gasteiger partial charge in [-0.1, -0.05) is 12.1 Å². The molecule has 0 N–H and O–H groups in total. The minimum Gasteiger partial charge on any atom is -0.483 e. The molecule has 0 spiro atoms. The summed E-state index contributed by atoms with van der Waals surface area (Å²) in [6.07, 6.45) is 0.697. The van der Waals surface area contributed by atoms with Crippen molar-refractivity contribution < 1.29 is 18.7 Å². The van der Waals surface area contributed by atoms with Crippen molar-refractivity contribution in [3.05, 3.63) is 65.0 Å². The molecule has 0 aliphatic carbocycles. The van der Waals surface area contributed by atoms with E-state index in [9.17, 15) is 14.0 Å². The summed E-state index contributed by atoms with van der Waals surface area (Å²) in [5, 5.41) is 0. The maximum absolute atomic E-state index is 13.1. The number of carbonyl (C=O) groups is 2. The van der Waals surface area contributed by atoms with E-state index < -0.39 is 0 Å². The van der Waals surface area contributed by atoms with Gasteiger partial charge in [0.25, 0.3) is 11.8 Å². The molecule has 0 atom stereocenters. The van der Waals surface area contributed by atoms with Crippen molar-refractivity contribution in [2.45, 2.75) is 20.3 Å². The average molecular weight is 384 g/mol. The molecule has 0 bridgehead atoms. The maximum Gasteiger partial charge on any atom is 0.260 e. The lowest BCUT2D eigenvalue weighted by molar-refractivity contribution is -0.133. The van der Waals surface area contributed by atoms with E-state index in [1.165, 1.54) is 24.3 Å². The topological polar surface area (TPSA) is 49.9 Å². The van der Waals surface area contributed by atoms with Crippen molar-refractivity contribution in [3.63, 3.8) is 0 Å². The summed E-state index contributed by atoms with van der Waals surface area (Å²) in [5.74, 6) is 0.127. The lowest BCUT2D eigenvalue weighted by atomic mass is 10.1. The molecule has 148 valence electrons. The first kappa shape index (κ1) is 19.9. The third kappa shape index (κ3) is 4.68. The summed E-state index contributed by atoms with van der Waals surface area (Å²) in [6, 6.07) is 11.3. The first-order valence-corrected chi connectivity index (χ1v) is 9.47. The molecule has 1 fully saturated rings. The van der Waals surface area contributed by atoms with Crippen molar-refractivity contribution in [2.75, 3.05) is 32.8 Å². The minimum atomic E-state index is -0.368. The van der Waals surface area contributed by atoms with E-state index in [1.54, 1.807) is 9.80 Å². The van der Waals surface area contributed by atoms with Crippen molar-refractivity contribution in [3.8, 4) is 5.75 Å². The molecule has 0 unspecified atom stereocenters. The quantitative estimate of drug-likeness (QED) is 0.813. The fourth-order valence-corrected chi connectivity index (χ4v) is 3.26. The van der Waals surface area contributed by atoms with Gasteiger partial charge in [0.05, 0.1) is 0 Å². The SMILES string of the molecule is Cc1cccc(OCC(=O)N2CCCN(C(=O)c3ccc(F)cc3)CC2)c1C. The second-order valence-corrected chi connectivity index (χ2v) is 7.02. The van der Waals surface area contributed by atoms with Crippen LogP contribution in [0.4, 0.5) is 4.39 Å². The summed E-state index contributed by atoms with van der Waals surface area (Å²) in [4.78, 5) is 28.6. The Bertz CT molecular complexity index is 851. The van der Waals surface area contributed by atoms with E-state index in [0.717, 1.165) is 16.9 Å². The van der Waals surface area contributed by atoms with Crippen LogP contribution in [0.2, 0.25) is 0 Å². The van der Waals surface area contributed by atoms with Gasteiger partial charge in [-0.05, 0) is 61.7 Å². The molecular weight excluding hydrogens is 359 g/mol. The Kier molecular flexibility index (Phi) is 6.29. The molecule has 1 aliphatic rings. The van der Waals surface area contributed by atoms with Crippen LogP contribution in [0.25, 0.3) is 0 Å². The highest BCUT2D eigenvalue weighted by molar-refractivity contribution is 5.94. The Morgan fingerprint density at radius 2 is 1.64 bits per heavy atom. The number of benzene rings is 2. The van der Waals surface area contributed by atoms with Gasteiger partial charge in [-0.2, -0.15) is 0 Å². The number of hydrogen-bond donors (Lipinski definition) is 0. The largest absolute Gasteiger partial charge is 0.483 e. The predicted octanol–water partition coefficient (Wildman–Crippen LogP) is 3.20. The molecule has 0 aromatic heterocycles. The predicted molar refractivity (Wildman–Crippen MR) is 105 cm³/mol. The molecule has 5 nitrogen and oxygen atoms in total. The summed E-state index contributed by atoms with van der Waals surface area (Å²) < 4.78 is 18.8. The molecule has 0 saturated carbocycles. The Morgan fingerprint density at radius 3 is 2.39 bits per heavy atom. The highest BCUT2D eigenvalue weighted by Crippen LogP contribution is 2.20. The van der Waals surface area contributed by atoms with Gasteiger partial charge in [0.1, 0.15) is 11.6 Å². The van der Waals surface area contributed by atoms with E-state index in [0.29, 0.717) is 38.2 Å². The molecular formula is C22H25FN2O3. The van der Waals surface area contributed by atoms with Gasteiger partial charge in [0, 0.05) is 31.7 Å². The van der Waals surface area contributed by atoms with E-state index >= 15 is 0 Å². The van der Waals surface area contributed by atoms with E-state index in [-0.39, 0.29) is 24.2 Å². The van der Waals surface area contributed by atoms with Gasteiger partial charge >= 0.3 is 0 Å². The Labute approximate surface area is 164 Å². The lowest BCUT2D eigenvalue weighted by Gasteiger charge is -2.22. The van der Waals surface area contributed by atoms with E-state index in [2.05, 4.69) is 0 Å². The third-order valence-electron chi connectivity index (χ3n) is 5.13. The summed E-state index contributed by atoms with van der Waals surface area (Å²) >= 11 is 0. The van der Waals surface area contributed by atoms with Gasteiger partial charge < -0.3 is 14.5 Å². The number of nitrogens with zero attached hydrogens (tertiary/aromatic N) is 2. The van der Waals surface area contributed by atoms with Crippen LogP contribution in [-0.2, 0) is 4.79 Å². The number of amides is 2. The van der Waals surface area contributed by atoms with Crippen molar-refractivity contribution in [2.24, 2.45) is 0 Å². The third-order valence-corrected chi connectivity index (χ3v) is 5.13. The summed E-state index contributed by atoms with van der Waals surface area (Å²) in [6.45, 7) is 6.02. The van der Waals surface area contributed by atoms with Crippen LogP contribution in [0.15, 0.2) is 42.5 Å². The monoisotopic (exact) mass is 384 g/mol. The molecule has 2 aromatic rings. The maximum atomic E-state index is 13.1. The van der Waals surface area contributed by atoms with Crippen LogP contribution in [0.5, 0.6) is 5.75 Å². The van der Waals surface area contributed by atoms with Crippen LogP contribution in [0.3, 0.4) is 0 Å². The number of aryl methyl sites for hydroxylation is 1. The van der Waals surface area contributed by atoms with Crippen molar-refractivity contribution in [1.29, 1.82) is 0 Å². The van der Waals surface area contributed by atoms with Gasteiger partial charge in [0.15, 0.2) is 6.61 Å². The second kappa shape index (κ2) is 8.87. The first-order chi connectivity index (χ1) is 13.5. The minimum absolute atomic E-state index is 0.0177. The van der Waals surface area contributed by atoms with Crippen LogP contribution >= 0.6 is 0 Å². The molecule has 1 saturated heterocycles. The van der Waals surface area contributed by atoms with Gasteiger partial charge in [-0.25, -0.2) is 4.39 Å². The zero-order chi connectivity index (χ0) is 20.1. The number of carbonyl (C=O) groups excluding carboxylic acids is 2. The summed E-state index contributed by atoms with van der Waals surface area (Å²) in [7, 11) is 0. The van der Waals surface area contributed by atoms with Crippen molar-refractivity contribution >= 4 is 11.8 Å². The van der Waals surface area contributed by atoms with Crippen LogP contribution < -0.4 is 4.74 Å². The van der Waals surface area contributed by atoms with E-state index in [1.807, 2.05) is 32.0 Å². The smallest absolute Gasteiger partial charge is 0.260 e. The number of hydrogen-bond acceptors (Lipinski definition) is 3. The number of halogens is 1. The second-order valence-electron chi connectivity index (χ2n) is 7.02. The number of rotatable bonds is 4. The highest BCUT2D eigenvalue weighted by Gasteiger charge is 2.23. The molecule has 28 heavy (non-hydrogen) atoms. The molecule has 2 aromatic carbocycles. The fourth-order valence-electron chi connectivity index (χ4n) is 3.26. The molecule has 0 radical (unpaired) electrons. The van der Waals surface area contributed by atoms with Crippen LogP contribution in [0, 0.1) is 19.7 Å². The van der Waals surface area contributed by atoms with Gasteiger partial charge in [-0.15, -0.1) is 0 Å². The summed E-state index contributed by atoms with van der Waals surface area (Å²) in [5.41, 5.74) is 2.61. The Balaban J connectivity index is 1.55.